The Morgan fingerprint density at radius 2 is 2.00 bits per heavy atom. The third-order valence-electron chi connectivity index (χ3n) is 2.41. The van der Waals surface area contributed by atoms with Crippen molar-refractivity contribution in [3.05, 3.63) is 28.8 Å². The highest BCUT2D eigenvalue weighted by Gasteiger charge is 2.03. The number of hydrogen-bond acceptors (Lipinski definition) is 1. The minimum absolute atomic E-state index is 0.713. The van der Waals surface area contributed by atoms with Gasteiger partial charge in [0.15, 0.2) is 0 Å². The monoisotopic (exact) mass is 226 g/mol. The van der Waals surface area contributed by atoms with Crippen LogP contribution in [0.15, 0.2) is 18.2 Å². The van der Waals surface area contributed by atoms with E-state index >= 15 is 0 Å². The molecule has 0 N–H and O–H groups in total. The van der Waals surface area contributed by atoms with Crippen LogP contribution in [0.25, 0.3) is 0 Å². The zero-order chi connectivity index (χ0) is 11.1. The fourth-order valence-corrected chi connectivity index (χ4v) is 1.78. The SMILES string of the molecule is CCCCCCOc1c(C)cccc1Cl. The van der Waals surface area contributed by atoms with Gasteiger partial charge in [-0.1, -0.05) is 49.9 Å². The highest BCUT2D eigenvalue weighted by Crippen LogP contribution is 2.27. The van der Waals surface area contributed by atoms with Gasteiger partial charge in [-0.05, 0) is 25.0 Å². The Balaban J connectivity index is 2.37. The lowest BCUT2D eigenvalue weighted by Gasteiger charge is -2.10. The fourth-order valence-electron chi connectivity index (χ4n) is 1.50. The molecule has 1 aromatic rings. The molecule has 0 aliphatic carbocycles. The molecule has 0 aliphatic heterocycles. The molecule has 0 spiro atoms. The molecule has 0 radical (unpaired) electrons. The second-order valence-corrected chi connectivity index (χ2v) is 4.20. The maximum Gasteiger partial charge on any atom is 0.140 e. The maximum atomic E-state index is 6.04. The molecular weight excluding hydrogens is 208 g/mol. The molecule has 0 aliphatic rings. The highest BCUT2D eigenvalue weighted by molar-refractivity contribution is 6.32. The van der Waals surface area contributed by atoms with Gasteiger partial charge in [0.25, 0.3) is 0 Å². The molecule has 1 nitrogen and oxygen atoms in total. The molecule has 1 aromatic carbocycles. The molecule has 84 valence electrons. The zero-order valence-corrected chi connectivity index (χ0v) is 10.3. The Hall–Kier alpha value is -0.690. The van der Waals surface area contributed by atoms with E-state index in [-0.39, 0.29) is 0 Å². The summed E-state index contributed by atoms with van der Waals surface area (Å²) in [5, 5.41) is 0.713. The van der Waals surface area contributed by atoms with E-state index in [1.807, 2.05) is 25.1 Å². The number of para-hydroxylation sites is 1. The van der Waals surface area contributed by atoms with E-state index < -0.39 is 0 Å². The van der Waals surface area contributed by atoms with Crippen molar-refractivity contribution in [3.8, 4) is 5.75 Å². The van der Waals surface area contributed by atoms with Crippen molar-refractivity contribution < 1.29 is 4.74 Å². The average molecular weight is 227 g/mol. The number of unbranched alkanes of at least 4 members (excludes halogenated alkanes) is 3. The summed E-state index contributed by atoms with van der Waals surface area (Å²) < 4.78 is 5.68. The number of rotatable bonds is 6. The predicted molar refractivity (Wildman–Crippen MR) is 65.8 cm³/mol. The molecule has 0 fully saturated rings. The third-order valence-corrected chi connectivity index (χ3v) is 2.71. The van der Waals surface area contributed by atoms with Crippen LogP contribution in [0.2, 0.25) is 5.02 Å². The van der Waals surface area contributed by atoms with Crippen LogP contribution in [-0.2, 0) is 0 Å². The highest BCUT2D eigenvalue weighted by atomic mass is 35.5. The average Bonchev–Trinajstić information content (AvgIpc) is 2.21. The van der Waals surface area contributed by atoms with Crippen LogP contribution in [0.5, 0.6) is 5.75 Å². The molecule has 15 heavy (non-hydrogen) atoms. The molecule has 0 unspecified atom stereocenters. The Kier molecular flexibility index (Phi) is 5.56. The van der Waals surface area contributed by atoms with Crippen molar-refractivity contribution in [2.75, 3.05) is 6.61 Å². The van der Waals surface area contributed by atoms with Crippen molar-refractivity contribution in [2.24, 2.45) is 0 Å². The first-order chi connectivity index (χ1) is 7.25. The van der Waals surface area contributed by atoms with E-state index in [1.54, 1.807) is 0 Å². The van der Waals surface area contributed by atoms with E-state index in [0.717, 1.165) is 24.3 Å². The van der Waals surface area contributed by atoms with Crippen LogP contribution in [0, 0.1) is 6.92 Å². The molecule has 0 atom stereocenters. The standard InChI is InChI=1S/C13H19ClO/c1-3-4-5-6-10-15-13-11(2)8-7-9-12(13)14/h7-9H,3-6,10H2,1-2H3. The molecule has 1 rings (SSSR count). The summed E-state index contributed by atoms with van der Waals surface area (Å²) in [5.74, 6) is 0.843. The molecule has 0 bridgehead atoms. The summed E-state index contributed by atoms with van der Waals surface area (Å²) >= 11 is 6.04. The van der Waals surface area contributed by atoms with Gasteiger partial charge in [0.1, 0.15) is 5.75 Å². The van der Waals surface area contributed by atoms with Gasteiger partial charge in [-0.3, -0.25) is 0 Å². The van der Waals surface area contributed by atoms with Gasteiger partial charge < -0.3 is 4.74 Å². The first-order valence-electron chi connectivity index (χ1n) is 5.63. The van der Waals surface area contributed by atoms with Crippen molar-refractivity contribution in [1.29, 1.82) is 0 Å². The van der Waals surface area contributed by atoms with Gasteiger partial charge in [-0.2, -0.15) is 0 Å². The number of hydrogen-bond donors (Lipinski definition) is 0. The molecule has 0 saturated heterocycles. The molecule has 0 amide bonds. The second kappa shape index (κ2) is 6.73. The van der Waals surface area contributed by atoms with E-state index in [2.05, 4.69) is 6.92 Å². The lowest BCUT2D eigenvalue weighted by Crippen LogP contribution is -1.99. The van der Waals surface area contributed by atoms with Gasteiger partial charge in [-0.15, -0.1) is 0 Å². The summed E-state index contributed by atoms with van der Waals surface area (Å²) in [6.45, 7) is 5.00. The summed E-state index contributed by atoms with van der Waals surface area (Å²) in [5.41, 5.74) is 1.11. The third kappa shape index (κ3) is 4.13. The maximum absolute atomic E-state index is 6.04. The molecule has 2 heteroatoms. The van der Waals surface area contributed by atoms with Crippen LogP contribution in [-0.4, -0.2) is 6.61 Å². The van der Waals surface area contributed by atoms with Gasteiger partial charge in [0, 0.05) is 0 Å². The summed E-state index contributed by atoms with van der Waals surface area (Å²) in [7, 11) is 0. The summed E-state index contributed by atoms with van der Waals surface area (Å²) in [4.78, 5) is 0. The quantitative estimate of drug-likeness (QED) is 0.644. The van der Waals surface area contributed by atoms with Gasteiger partial charge in [-0.25, -0.2) is 0 Å². The van der Waals surface area contributed by atoms with E-state index in [1.165, 1.54) is 19.3 Å². The van der Waals surface area contributed by atoms with Gasteiger partial charge in [0.05, 0.1) is 11.6 Å². The van der Waals surface area contributed by atoms with Crippen LogP contribution < -0.4 is 4.74 Å². The lowest BCUT2D eigenvalue weighted by atomic mass is 10.2. The smallest absolute Gasteiger partial charge is 0.140 e. The minimum Gasteiger partial charge on any atom is -0.492 e. The van der Waals surface area contributed by atoms with E-state index in [4.69, 9.17) is 16.3 Å². The minimum atomic E-state index is 0.713. The first kappa shape index (κ1) is 12.4. The Bertz CT molecular complexity index is 276. The van der Waals surface area contributed by atoms with Crippen LogP contribution >= 0.6 is 11.6 Å². The molecule has 0 saturated carbocycles. The molecule has 0 aromatic heterocycles. The number of ether oxygens (including phenoxy) is 1. The van der Waals surface area contributed by atoms with Gasteiger partial charge >= 0.3 is 0 Å². The van der Waals surface area contributed by atoms with Crippen molar-refractivity contribution in [1.82, 2.24) is 0 Å². The number of aryl methyl sites for hydroxylation is 1. The van der Waals surface area contributed by atoms with Crippen LogP contribution in [0.1, 0.15) is 38.2 Å². The van der Waals surface area contributed by atoms with E-state index in [9.17, 15) is 0 Å². The summed E-state index contributed by atoms with van der Waals surface area (Å²) in [6, 6.07) is 5.84. The van der Waals surface area contributed by atoms with Crippen LogP contribution in [0.4, 0.5) is 0 Å². The molecular formula is C13H19ClO. The normalized spacial score (nSPS) is 10.3. The number of halogens is 1. The first-order valence-corrected chi connectivity index (χ1v) is 6.01. The van der Waals surface area contributed by atoms with E-state index in [0.29, 0.717) is 5.02 Å². The largest absolute Gasteiger partial charge is 0.492 e. The fraction of sp³-hybridized carbons (Fsp3) is 0.538. The van der Waals surface area contributed by atoms with Crippen molar-refractivity contribution in [3.63, 3.8) is 0 Å². The van der Waals surface area contributed by atoms with Crippen LogP contribution in [0.3, 0.4) is 0 Å². The molecule has 0 heterocycles. The number of benzene rings is 1. The Labute approximate surface area is 97.4 Å². The lowest BCUT2D eigenvalue weighted by molar-refractivity contribution is 0.303. The Morgan fingerprint density at radius 3 is 2.67 bits per heavy atom. The van der Waals surface area contributed by atoms with Gasteiger partial charge in [0.2, 0.25) is 0 Å². The summed E-state index contributed by atoms with van der Waals surface area (Å²) in [6.07, 6.45) is 4.88. The zero-order valence-electron chi connectivity index (χ0n) is 9.55. The topological polar surface area (TPSA) is 9.23 Å². The second-order valence-electron chi connectivity index (χ2n) is 3.79. The Morgan fingerprint density at radius 1 is 1.20 bits per heavy atom. The van der Waals surface area contributed by atoms with Crippen molar-refractivity contribution in [2.45, 2.75) is 39.5 Å². The predicted octanol–water partition coefficient (Wildman–Crippen LogP) is 4.61. The van der Waals surface area contributed by atoms with Crippen molar-refractivity contribution >= 4 is 11.6 Å².